The van der Waals surface area contributed by atoms with Crippen LogP contribution < -0.4 is 38.9 Å². The molecule has 0 saturated carbocycles. The zero-order valence-electron chi connectivity index (χ0n) is 20.9. The molecule has 15 nitrogen and oxygen atoms in total. The van der Waals surface area contributed by atoms with Crippen LogP contribution >= 0.6 is 0 Å². The Kier molecular flexibility index (Phi) is 14.7. The second-order valence-electron chi connectivity index (χ2n) is 8.55. The van der Waals surface area contributed by atoms with Crippen molar-refractivity contribution < 1.29 is 34.2 Å². The van der Waals surface area contributed by atoms with Gasteiger partial charge in [0.15, 0.2) is 5.96 Å². The molecule has 0 aromatic carbocycles. The number of carbonyl (C=O) groups excluding carboxylic acids is 4. The maximum Gasteiger partial charge on any atom is 0.326 e. The van der Waals surface area contributed by atoms with Gasteiger partial charge >= 0.3 is 5.97 Å². The number of primary amides is 1. The molecule has 0 fully saturated rings. The number of carboxylic acids is 1. The number of aliphatic hydroxyl groups excluding tert-OH is 1. The lowest BCUT2D eigenvalue weighted by Gasteiger charge is -2.26. The highest BCUT2D eigenvalue weighted by atomic mass is 16.4. The Morgan fingerprint density at radius 1 is 0.889 bits per heavy atom. The Hall–Kier alpha value is -3.46. The molecule has 6 atom stereocenters. The molecule has 0 saturated heterocycles. The molecule has 0 aliphatic carbocycles. The largest absolute Gasteiger partial charge is 0.480 e. The number of nitrogens with zero attached hydrogens (tertiary/aromatic N) is 1. The van der Waals surface area contributed by atoms with Crippen molar-refractivity contribution in [3.63, 3.8) is 0 Å². The summed E-state index contributed by atoms with van der Waals surface area (Å²) in [4.78, 5) is 65.0. The summed E-state index contributed by atoms with van der Waals surface area (Å²) in [6, 6.07) is -5.07. The number of aliphatic imine (C=N–C) groups is 1. The van der Waals surface area contributed by atoms with E-state index < -0.39 is 65.8 Å². The fraction of sp³-hybridized carbons (Fsp3) is 0.714. The second kappa shape index (κ2) is 16.3. The first kappa shape index (κ1) is 32.5. The van der Waals surface area contributed by atoms with E-state index in [2.05, 4.69) is 20.9 Å². The molecule has 13 N–H and O–H groups in total. The highest BCUT2D eigenvalue weighted by Gasteiger charge is 2.32. The van der Waals surface area contributed by atoms with Gasteiger partial charge in [0.25, 0.3) is 0 Å². The van der Waals surface area contributed by atoms with Gasteiger partial charge in [0, 0.05) is 13.0 Å². The van der Waals surface area contributed by atoms with Crippen LogP contribution in [0.5, 0.6) is 0 Å². The van der Waals surface area contributed by atoms with Crippen LogP contribution in [0.3, 0.4) is 0 Å². The third-order valence-corrected chi connectivity index (χ3v) is 5.49. The van der Waals surface area contributed by atoms with Gasteiger partial charge in [-0.1, -0.05) is 20.3 Å². The predicted octanol–water partition coefficient (Wildman–Crippen LogP) is -3.40. The van der Waals surface area contributed by atoms with E-state index >= 15 is 0 Å². The Labute approximate surface area is 209 Å². The zero-order valence-corrected chi connectivity index (χ0v) is 20.9. The number of nitrogens with one attached hydrogen (secondary N) is 3. The number of nitrogens with two attached hydrogens (primary N) is 4. The van der Waals surface area contributed by atoms with Crippen molar-refractivity contribution in [3.8, 4) is 0 Å². The summed E-state index contributed by atoms with van der Waals surface area (Å²) in [5, 5.41) is 26.3. The van der Waals surface area contributed by atoms with Gasteiger partial charge in [-0.15, -0.1) is 0 Å². The third-order valence-electron chi connectivity index (χ3n) is 5.49. The van der Waals surface area contributed by atoms with Crippen LogP contribution in [0.15, 0.2) is 4.99 Å². The highest BCUT2D eigenvalue weighted by Crippen LogP contribution is 2.10. The number of aliphatic carboxylic acids is 1. The van der Waals surface area contributed by atoms with Crippen LogP contribution in [0.2, 0.25) is 0 Å². The van der Waals surface area contributed by atoms with E-state index in [0.717, 1.165) is 0 Å². The molecule has 36 heavy (non-hydrogen) atoms. The number of guanidine groups is 1. The standard InChI is InChI=1S/C21H40N8O7/c1-4-10(2)16(20(35)36)29-18(33)13(7-8-14(22)31)27-17(32)12(6-5-9-26-21(24)25)28-19(34)15(23)11(3)30/h10-13,15-16,30H,4-9,23H2,1-3H3,(H2,22,31)(H,27,32)(H,28,34)(H,29,33)(H,35,36)(H4,24,25,26). The Balaban J connectivity index is 5.72. The van der Waals surface area contributed by atoms with E-state index in [1.807, 2.05) is 0 Å². The number of hydrogen-bond acceptors (Lipinski definition) is 8. The number of rotatable bonds is 17. The van der Waals surface area contributed by atoms with Crippen LogP contribution in [-0.4, -0.2) is 82.6 Å². The number of hydrogen-bond donors (Lipinski definition) is 9. The van der Waals surface area contributed by atoms with Gasteiger partial charge in [-0.25, -0.2) is 4.79 Å². The molecule has 0 aliphatic rings. The molecular formula is C21H40N8O7. The van der Waals surface area contributed by atoms with E-state index in [-0.39, 0.29) is 38.2 Å². The Morgan fingerprint density at radius 2 is 1.42 bits per heavy atom. The van der Waals surface area contributed by atoms with Gasteiger partial charge in [-0.05, 0) is 32.1 Å². The molecular weight excluding hydrogens is 476 g/mol. The SMILES string of the molecule is CCC(C)C(NC(=O)C(CCC(N)=O)NC(=O)C(CCCN=C(N)N)NC(=O)C(N)C(C)O)C(=O)O. The van der Waals surface area contributed by atoms with Crippen molar-refractivity contribution >= 4 is 35.6 Å². The monoisotopic (exact) mass is 516 g/mol. The zero-order chi connectivity index (χ0) is 28.0. The first-order valence-electron chi connectivity index (χ1n) is 11.6. The van der Waals surface area contributed by atoms with Gasteiger partial charge in [-0.3, -0.25) is 24.2 Å². The summed E-state index contributed by atoms with van der Waals surface area (Å²) in [6.45, 7) is 4.85. The van der Waals surface area contributed by atoms with Crippen LogP contribution in [0, 0.1) is 5.92 Å². The molecule has 0 aromatic rings. The molecule has 0 aliphatic heterocycles. The maximum absolute atomic E-state index is 13.0. The predicted molar refractivity (Wildman–Crippen MR) is 131 cm³/mol. The molecule has 0 heterocycles. The van der Waals surface area contributed by atoms with Crippen molar-refractivity contribution in [2.24, 2.45) is 33.8 Å². The molecule has 6 unspecified atom stereocenters. The lowest BCUT2D eigenvalue weighted by atomic mass is 9.98. The molecule has 4 amide bonds. The summed E-state index contributed by atoms with van der Waals surface area (Å²) in [5.41, 5.74) is 21.4. The minimum atomic E-state index is -1.32. The minimum absolute atomic E-state index is 0.0374. The van der Waals surface area contributed by atoms with Crippen molar-refractivity contribution in [2.75, 3.05) is 6.54 Å². The van der Waals surface area contributed by atoms with Gasteiger partial charge in [0.05, 0.1) is 6.10 Å². The van der Waals surface area contributed by atoms with Crippen LogP contribution in [0.25, 0.3) is 0 Å². The molecule has 0 bridgehead atoms. The van der Waals surface area contributed by atoms with Crippen LogP contribution in [0.1, 0.15) is 52.9 Å². The average molecular weight is 517 g/mol. The molecule has 0 spiro atoms. The number of amides is 4. The van der Waals surface area contributed by atoms with Gasteiger partial charge in [-0.2, -0.15) is 0 Å². The maximum atomic E-state index is 13.0. The number of carbonyl (C=O) groups is 5. The Morgan fingerprint density at radius 3 is 1.89 bits per heavy atom. The molecule has 0 aromatic heterocycles. The van der Waals surface area contributed by atoms with Crippen molar-refractivity contribution in [2.45, 2.75) is 83.1 Å². The van der Waals surface area contributed by atoms with E-state index in [4.69, 9.17) is 22.9 Å². The van der Waals surface area contributed by atoms with E-state index in [1.54, 1.807) is 13.8 Å². The molecule has 206 valence electrons. The summed E-state index contributed by atoms with van der Waals surface area (Å²) >= 11 is 0. The normalized spacial score (nSPS) is 15.8. The minimum Gasteiger partial charge on any atom is -0.480 e. The van der Waals surface area contributed by atoms with Crippen molar-refractivity contribution in [1.29, 1.82) is 0 Å². The molecule has 0 rings (SSSR count). The highest BCUT2D eigenvalue weighted by molar-refractivity contribution is 5.94. The Bertz CT molecular complexity index is 801. The second-order valence-corrected chi connectivity index (χ2v) is 8.55. The van der Waals surface area contributed by atoms with Crippen LogP contribution in [-0.2, 0) is 24.0 Å². The first-order valence-corrected chi connectivity index (χ1v) is 11.6. The summed E-state index contributed by atoms with van der Waals surface area (Å²) in [6.07, 6.45) is -0.917. The summed E-state index contributed by atoms with van der Waals surface area (Å²) in [7, 11) is 0. The fourth-order valence-corrected chi connectivity index (χ4v) is 3.02. The smallest absolute Gasteiger partial charge is 0.326 e. The average Bonchev–Trinajstić information content (AvgIpc) is 2.79. The van der Waals surface area contributed by atoms with E-state index in [1.165, 1.54) is 6.92 Å². The van der Waals surface area contributed by atoms with Gasteiger partial charge < -0.3 is 49.1 Å². The number of aliphatic hydroxyl groups is 1. The first-order chi connectivity index (χ1) is 16.7. The van der Waals surface area contributed by atoms with Crippen molar-refractivity contribution in [3.05, 3.63) is 0 Å². The third kappa shape index (κ3) is 12.3. The summed E-state index contributed by atoms with van der Waals surface area (Å²) < 4.78 is 0. The topological polar surface area (TPSA) is 278 Å². The number of carboxylic acid groups (broad SMARTS) is 1. The molecule has 0 radical (unpaired) electrons. The van der Waals surface area contributed by atoms with Gasteiger partial charge in [0.2, 0.25) is 23.6 Å². The lowest BCUT2D eigenvalue weighted by Crippen LogP contribution is -2.58. The van der Waals surface area contributed by atoms with Crippen molar-refractivity contribution in [1.82, 2.24) is 16.0 Å². The van der Waals surface area contributed by atoms with E-state index in [9.17, 15) is 34.2 Å². The van der Waals surface area contributed by atoms with E-state index in [0.29, 0.717) is 6.42 Å². The fourth-order valence-electron chi connectivity index (χ4n) is 3.02. The van der Waals surface area contributed by atoms with Crippen LogP contribution in [0.4, 0.5) is 0 Å². The quantitative estimate of drug-likeness (QED) is 0.0524. The summed E-state index contributed by atoms with van der Waals surface area (Å²) in [5.74, 6) is -5.00. The van der Waals surface area contributed by atoms with Gasteiger partial charge in [0.1, 0.15) is 24.2 Å². The lowest BCUT2D eigenvalue weighted by molar-refractivity contribution is -0.144. The molecule has 15 heteroatoms.